The van der Waals surface area contributed by atoms with E-state index in [4.69, 9.17) is 0 Å². The van der Waals surface area contributed by atoms with Crippen LogP contribution >= 0.6 is 11.8 Å². The molecule has 2 fully saturated rings. The standard InChI is InChI=1S/C14H21NOS/c16-14(10-17-13-6-1-2-7-13)15-11-4-3-5-12(15)9-8-11/h3-4,11-13H,1-2,5-10H2/t11-,12-/m0/s1. The Labute approximate surface area is 108 Å². The molecule has 2 bridgehead atoms. The van der Waals surface area contributed by atoms with Crippen LogP contribution in [0.15, 0.2) is 12.2 Å². The molecule has 1 aliphatic carbocycles. The lowest BCUT2D eigenvalue weighted by Gasteiger charge is -2.31. The number of fused-ring (bicyclic) bond motifs is 2. The van der Waals surface area contributed by atoms with E-state index >= 15 is 0 Å². The summed E-state index contributed by atoms with van der Waals surface area (Å²) in [6.45, 7) is 0. The van der Waals surface area contributed by atoms with E-state index in [1.54, 1.807) is 0 Å². The quantitative estimate of drug-likeness (QED) is 0.719. The SMILES string of the molecule is O=C(CSC1CCCC1)N1[C@H]2CC=C[C@H]1CC2. The van der Waals surface area contributed by atoms with Crippen molar-refractivity contribution in [3.8, 4) is 0 Å². The first-order valence-corrected chi connectivity index (χ1v) is 7.99. The van der Waals surface area contributed by atoms with Crippen LogP contribution in [0.5, 0.6) is 0 Å². The summed E-state index contributed by atoms with van der Waals surface area (Å²) in [6, 6.07) is 0.937. The van der Waals surface area contributed by atoms with Crippen LogP contribution < -0.4 is 0 Å². The second-order valence-electron chi connectivity index (χ2n) is 5.48. The van der Waals surface area contributed by atoms with E-state index in [9.17, 15) is 4.79 Å². The third-order valence-corrected chi connectivity index (χ3v) is 5.70. The van der Waals surface area contributed by atoms with Crippen LogP contribution in [0.1, 0.15) is 44.9 Å². The summed E-state index contributed by atoms with van der Waals surface area (Å²) >= 11 is 1.90. The molecular weight excluding hydrogens is 230 g/mol. The molecular formula is C14H21NOS. The van der Waals surface area contributed by atoms with Gasteiger partial charge in [-0.15, -0.1) is 11.8 Å². The van der Waals surface area contributed by atoms with Crippen LogP contribution in [0.25, 0.3) is 0 Å². The van der Waals surface area contributed by atoms with E-state index in [0.29, 0.717) is 23.7 Å². The molecule has 0 aromatic heterocycles. The van der Waals surface area contributed by atoms with Gasteiger partial charge in [0.2, 0.25) is 5.91 Å². The maximum absolute atomic E-state index is 12.3. The largest absolute Gasteiger partial charge is 0.332 e. The Morgan fingerprint density at radius 3 is 2.82 bits per heavy atom. The fourth-order valence-electron chi connectivity index (χ4n) is 3.43. The molecule has 0 radical (unpaired) electrons. The molecule has 0 spiro atoms. The van der Waals surface area contributed by atoms with E-state index in [2.05, 4.69) is 17.1 Å². The van der Waals surface area contributed by atoms with Crippen LogP contribution in [-0.2, 0) is 4.79 Å². The molecule has 0 unspecified atom stereocenters. The van der Waals surface area contributed by atoms with Crippen molar-refractivity contribution >= 4 is 17.7 Å². The topological polar surface area (TPSA) is 20.3 Å². The molecule has 94 valence electrons. The van der Waals surface area contributed by atoms with Gasteiger partial charge < -0.3 is 4.90 Å². The van der Waals surface area contributed by atoms with E-state index in [-0.39, 0.29) is 0 Å². The number of rotatable bonds is 3. The number of carbonyl (C=O) groups is 1. The van der Waals surface area contributed by atoms with Crippen molar-refractivity contribution in [1.82, 2.24) is 4.90 Å². The predicted octanol–water partition coefficient (Wildman–Crippen LogP) is 2.98. The van der Waals surface area contributed by atoms with E-state index < -0.39 is 0 Å². The zero-order valence-electron chi connectivity index (χ0n) is 10.3. The van der Waals surface area contributed by atoms with Crippen molar-refractivity contribution in [2.45, 2.75) is 62.3 Å². The van der Waals surface area contributed by atoms with Gasteiger partial charge in [0, 0.05) is 11.3 Å². The van der Waals surface area contributed by atoms with Gasteiger partial charge in [0.15, 0.2) is 0 Å². The minimum Gasteiger partial charge on any atom is -0.332 e. The molecule has 2 heterocycles. The van der Waals surface area contributed by atoms with Crippen molar-refractivity contribution in [2.24, 2.45) is 0 Å². The summed E-state index contributed by atoms with van der Waals surface area (Å²) in [6.07, 6.45) is 13.3. The van der Waals surface area contributed by atoms with Crippen LogP contribution in [0.2, 0.25) is 0 Å². The van der Waals surface area contributed by atoms with Crippen LogP contribution in [0.4, 0.5) is 0 Å². The normalized spacial score (nSPS) is 32.4. The summed E-state index contributed by atoms with van der Waals surface area (Å²) in [7, 11) is 0. The lowest BCUT2D eigenvalue weighted by atomic mass is 10.1. The number of carbonyl (C=O) groups excluding carboxylic acids is 1. The van der Waals surface area contributed by atoms with Gasteiger partial charge in [0.05, 0.1) is 11.8 Å². The first-order chi connectivity index (χ1) is 8.34. The number of hydrogen-bond acceptors (Lipinski definition) is 2. The molecule has 2 atom stereocenters. The number of hydrogen-bond donors (Lipinski definition) is 0. The average Bonchev–Trinajstić information content (AvgIpc) is 2.93. The smallest absolute Gasteiger partial charge is 0.233 e. The Kier molecular flexibility index (Phi) is 3.46. The molecule has 3 heteroatoms. The van der Waals surface area contributed by atoms with Crippen molar-refractivity contribution in [3.05, 3.63) is 12.2 Å². The lowest BCUT2D eigenvalue weighted by molar-refractivity contribution is -0.130. The van der Waals surface area contributed by atoms with Crippen molar-refractivity contribution in [2.75, 3.05) is 5.75 Å². The second-order valence-corrected chi connectivity index (χ2v) is 6.77. The van der Waals surface area contributed by atoms with Gasteiger partial charge in [-0.3, -0.25) is 4.79 Å². The van der Waals surface area contributed by atoms with E-state index in [1.165, 1.54) is 38.5 Å². The fourth-order valence-corrected chi connectivity index (χ4v) is 4.63. The van der Waals surface area contributed by atoms with E-state index in [1.807, 2.05) is 11.8 Å². The summed E-state index contributed by atoms with van der Waals surface area (Å²) in [5.74, 6) is 1.10. The molecule has 3 rings (SSSR count). The van der Waals surface area contributed by atoms with Gasteiger partial charge in [0.1, 0.15) is 0 Å². The molecule has 3 aliphatic rings. The summed E-state index contributed by atoms with van der Waals surface area (Å²) in [4.78, 5) is 14.5. The van der Waals surface area contributed by atoms with Crippen LogP contribution in [0.3, 0.4) is 0 Å². The molecule has 0 aromatic rings. The maximum Gasteiger partial charge on any atom is 0.233 e. The Balaban J connectivity index is 1.53. The highest BCUT2D eigenvalue weighted by Gasteiger charge is 2.36. The fraction of sp³-hybridized carbons (Fsp3) is 0.786. The van der Waals surface area contributed by atoms with Gasteiger partial charge >= 0.3 is 0 Å². The van der Waals surface area contributed by atoms with Crippen molar-refractivity contribution < 1.29 is 4.79 Å². The molecule has 1 saturated heterocycles. The van der Waals surface area contributed by atoms with Crippen molar-refractivity contribution in [3.63, 3.8) is 0 Å². The first kappa shape index (κ1) is 11.6. The van der Waals surface area contributed by atoms with E-state index in [0.717, 1.165) is 11.7 Å². The molecule has 0 aromatic carbocycles. The monoisotopic (exact) mass is 251 g/mol. The predicted molar refractivity (Wildman–Crippen MR) is 72.1 cm³/mol. The summed E-state index contributed by atoms with van der Waals surface area (Å²) in [5.41, 5.74) is 0. The first-order valence-electron chi connectivity index (χ1n) is 6.94. The molecule has 1 saturated carbocycles. The Morgan fingerprint density at radius 2 is 2.06 bits per heavy atom. The zero-order chi connectivity index (χ0) is 11.7. The molecule has 1 amide bonds. The number of thioether (sulfide) groups is 1. The minimum absolute atomic E-state index is 0.388. The molecule has 2 nitrogen and oxygen atoms in total. The molecule has 0 N–H and O–H groups in total. The number of amides is 1. The van der Waals surface area contributed by atoms with Crippen molar-refractivity contribution in [1.29, 1.82) is 0 Å². The molecule has 2 aliphatic heterocycles. The highest BCUT2D eigenvalue weighted by atomic mass is 32.2. The van der Waals surface area contributed by atoms with Crippen LogP contribution in [-0.4, -0.2) is 33.9 Å². The Morgan fingerprint density at radius 1 is 1.24 bits per heavy atom. The second kappa shape index (κ2) is 5.05. The average molecular weight is 251 g/mol. The Hall–Kier alpha value is -0.440. The van der Waals surface area contributed by atoms with Gasteiger partial charge in [0.25, 0.3) is 0 Å². The zero-order valence-corrected chi connectivity index (χ0v) is 11.1. The Bertz CT molecular complexity index is 322. The highest BCUT2D eigenvalue weighted by molar-refractivity contribution is 8.00. The van der Waals surface area contributed by atoms with Gasteiger partial charge in [-0.05, 0) is 32.1 Å². The van der Waals surface area contributed by atoms with Gasteiger partial charge in [-0.2, -0.15) is 0 Å². The number of nitrogens with zero attached hydrogens (tertiary/aromatic N) is 1. The maximum atomic E-state index is 12.3. The van der Waals surface area contributed by atoms with Crippen LogP contribution in [0, 0.1) is 0 Å². The lowest BCUT2D eigenvalue weighted by Crippen LogP contribution is -2.43. The van der Waals surface area contributed by atoms with Gasteiger partial charge in [-0.1, -0.05) is 25.0 Å². The third-order valence-electron chi connectivity index (χ3n) is 4.35. The molecule has 17 heavy (non-hydrogen) atoms. The third kappa shape index (κ3) is 2.40. The highest BCUT2D eigenvalue weighted by Crippen LogP contribution is 2.34. The summed E-state index contributed by atoms with van der Waals surface area (Å²) in [5, 5.41) is 0.761. The minimum atomic E-state index is 0.388. The van der Waals surface area contributed by atoms with Gasteiger partial charge in [-0.25, -0.2) is 0 Å². The summed E-state index contributed by atoms with van der Waals surface area (Å²) < 4.78 is 0.